The normalized spacial score (nSPS) is 22.1. The summed E-state index contributed by atoms with van der Waals surface area (Å²) in [5.41, 5.74) is 0.710. The number of carboxylic acid groups (broad SMARTS) is 1. The van der Waals surface area contributed by atoms with E-state index in [-0.39, 0.29) is 29.0 Å². The highest BCUT2D eigenvalue weighted by Crippen LogP contribution is 2.41. The fraction of sp³-hybridized carbons (Fsp3) is 0.476. The van der Waals surface area contributed by atoms with Crippen LogP contribution < -0.4 is 10.3 Å². The van der Waals surface area contributed by atoms with Crippen LogP contribution in [0.1, 0.15) is 41.7 Å². The molecule has 1 saturated heterocycles. The molecule has 2 aliphatic heterocycles. The van der Waals surface area contributed by atoms with Crippen LogP contribution in [0.5, 0.6) is 0 Å². The van der Waals surface area contributed by atoms with Crippen molar-refractivity contribution in [2.24, 2.45) is 10.9 Å². The fourth-order valence-corrected chi connectivity index (χ4v) is 4.70. The number of aliphatic hydroxyl groups is 1. The Labute approximate surface area is 167 Å². The number of aliphatic imine (C=N–C) groups is 1. The Kier molecular flexibility index (Phi) is 4.90. The molecule has 2 unspecified atom stereocenters. The van der Waals surface area contributed by atoms with E-state index in [0.717, 1.165) is 0 Å². The second-order valence-electron chi connectivity index (χ2n) is 8.00. The Morgan fingerprint density at radius 1 is 1.38 bits per heavy atom. The smallest absolute Gasteiger partial charge is 0.341 e. The largest absolute Gasteiger partial charge is 0.477 e. The predicted octanol–water partition coefficient (Wildman–Crippen LogP) is 2.23. The van der Waals surface area contributed by atoms with E-state index in [2.05, 4.69) is 11.7 Å². The van der Waals surface area contributed by atoms with Gasteiger partial charge in [0.25, 0.3) is 0 Å². The van der Waals surface area contributed by atoms with Gasteiger partial charge in [-0.25, -0.2) is 9.18 Å². The van der Waals surface area contributed by atoms with E-state index in [0.29, 0.717) is 55.7 Å². The summed E-state index contributed by atoms with van der Waals surface area (Å²) in [6, 6.07) is 1.05. The molecule has 29 heavy (non-hydrogen) atoms. The number of nitrogens with zero attached hydrogens (tertiary/aromatic N) is 3. The molecule has 2 N–H and O–H groups in total. The maximum atomic E-state index is 15.3. The minimum Gasteiger partial charge on any atom is -0.477 e. The number of anilines is 1. The number of piperidine rings is 1. The summed E-state index contributed by atoms with van der Waals surface area (Å²) >= 11 is 0. The van der Waals surface area contributed by atoms with Crippen LogP contribution in [0.4, 0.5) is 10.1 Å². The van der Waals surface area contributed by atoms with Crippen molar-refractivity contribution in [3.8, 4) is 0 Å². The summed E-state index contributed by atoms with van der Waals surface area (Å²) < 4.78 is 17.1. The molecule has 3 heterocycles. The average Bonchev–Trinajstić information content (AvgIpc) is 2.68. The van der Waals surface area contributed by atoms with E-state index in [4.69, 9.17) is 0 Å². The molecule has 0 spiro atoms. The Morgan fingerprint density at radius 2 is 2.07 bits per heavy atom. The first-order valence-corrected chi connectivity index (χ1v) is 9.82. The van der Waals surface area contributed by atoms with Gasteiger partial charge in [0, 0.05) is 48.7 Å². The standard InChI is InChI=1S/C21H24FN3O4/c1-11-12(9-23-2)7-14-18-15(20(27)16(21(28)29)10-25(11)18)8-17(22)19(14)24-5-3-13(26)4-6-24/h8,10-13,26H,2-7,9H2,1H3,(H,28,29). The van der Waals surface area contributed by atoms with Crippen LogP contribution in [0.25, 0.3) is 10.9 Å². The minimum absolute atomic E-state index is 0.00303. The van der Waals surface area contributed by atoms with E-state index in [1.165, 1.54) is 12.3 Å². The Morgan fingerprint density at radius 3 is 2.69 bits per heavy atom. The van der Waals surface area contributed by atoms with Crippen molar-refractivity contribution in [2.45, 2.75) is 38.3 Å². The third-order valence-electron chi connectivity index (χ3n) is 6.30. The summed E-state index contributed by atoms with van der Waals surface area (Å²) in [5, 5.41) is 19.4. The number of rotatable bonds is 4. The molecule has 0 radical (unpaired) electrons. The van der Waals surface area contributed by atoms with Crippen molar-refractivity contribution in [1.29, 1.82) is 0 Å². The molecule has 8 heteroatoms. The average molecular weight is 401 g/mol. The zero-order valence-corrected chi connectivity index (χ0v) is 16.3. The number of carboxylic acids is 1. The highest BCUT2D eigenvalue weighted by Gasteiger charge is 2.34. The van der Waals surface area contributed by atoms with Crippen LogP contribution in [0.15, 0.2) is 22.1 Å². The van der Waals surface area contributed by atoms with Crippen LogP contribution in [0.3, 0.4) is 0 Å². The van der Waals surface area contributed by atoms with Gasteiger partial charge in [-0.3, -0.25) is 4.79 Å². The lowest BCUT2D eigenvalue weighted by molar-refractivity contribution is 0.0694. The zero-order valence-electron chi connectivity index (χ0n) is 16.3. The van der Waals surface area contributed by atoms with Gasteiger partial charge in [-0.1, -0.05) is 0 Å². The summed E-state index contributed by atoms with van der Waals surface area (Å²) in [7, 11) is 0. The first-order chi connectivity index (χ1) is 13.8. The van der Waals surface area contributed by atoms with Gasteiger partial charge in [-0.2, -0.15) is 0 Å². The van der Waals surface area contributed by atoms with E-state index in [1.807, 2.05) is 11.8 Å². The molecule has 7 nitrogen and oxygen atoms in total. The van der Waals surface area contributed by atoms with E-state index in [9.17, 15) is 19.8 Å². The molecule has 1 fully saturated rings. The minimum atomic E-state index is -1.33. The molecule has 1 aromatic heterocycles. The zero-order chi connectivity index (χ0) is 20.9. The third kappa shape index (κ3) is 3.11. The van der Waals surface area contributed by atoms with E-state index >= 15 is 4.39 Å². The van der Waals surface area contributed by atoms with Crippen molar-refractivity contribution in [3.05, 3.63) is 39.4 Å². The van der Waals surface area contributed by atoms with Crippen molar-refractivity contribution in [1.82, 2.24) is 4.57 Å². The number of pyridine rings is 1. The quantitative estimate of drug-likeness (QED) is 0.766. The molecule has 2 aliphatic rings. The number of hydrogen-bond donors (Lipinski definition) is 2. The first-order valence-electron chi connectivity index (χ1n) is 9.82. The van der Waals surface area contributed by atoms with E-state index in [1.54, 1.807) is 4.57 Å². The molecular weight excluding hydrogens is 377 g/mol. The highest BCUT2D eigenvalue weighted by atomic mass is 19.1. The fourth-order valence-electron chi connectivity index (χ4n) is 4.70. The number of benzene rings is 1. The van der Waals surface area contributed by atoms with E-state index < -0.39 is 17.2 Å². The van der Waals surface area contributed by atoms with Crippen LogP contribution in [0, 0.1) is 11.7 Å². The summed E-state index contributed by atoms with van der Waals surface area (Å²) in [6.07, 6.45) is 2.61. The van der Waals surface area contributed by atoms with Gasteiger partial charge in [0.1, 0.15) is 11.4 Å². The Hall–Kier alpha value is -2.74. The second-order valence-corrected chi connectivity index (χ2v) is 8.00. The highest BCUT2D eigenvalue weighted by molar-refractivity contribution is 5.95. The van der Waals surface area contributed by atoms with Crippen molar-refractivity contribution < 1.29 is 19.4 Å². The molecule has 154 valence electrons. The van der Waals surface area contributed by atoms with Crippen LogP contribution in [-0.4, -0.2) is 53.2 Å². The van der Waals surface area contributed by atoms with Gasteiger partial charge in [0.15, 0.2) is 0 Å². The monoisotopic (exact) mass is 401 g/mol. The lowest BCUT2D eigenvalue weighted by Gasteiger charge is -2.38. The van der Waals surface area contributed by atoms with Gasteiger partial charge < -0.3 is 24.7 Å². The summed E-state index contributed by atoms with van der Waals surface area (Å²) in [5.74, 6) is -1.86. The SMILES string of the molecule is C=NCC1Cc2c(N3CCC(O)CC3)c(F)cc3c(=O)c(C(=O)O)cn(c23)C1C. The Bertz CT molecular complexity index is 1060. The summed E-state index contributed by atoms with van der Waals surface area (Å²) in [4.78, 5) is 30.3. The van der Waals surface area contributed by atoms with Gasteiger partial charge in [0.05, 0.1) is 17.3 Å². The maximum Gasteiger partial charge on any atom is 0.341 e. The van der Waals surface area contributed by atoms with Gasteiger partial charge in [-0.15, -0.1) is 0 Å². The maximum absolute atomic E-state index is 15.3. The molecule has 0 saturated carbocycles. The number of aromatic nitrogens is 1. The first kappa shape index (κ1) is 19.6. The molecule has 4 rings (SSSR count). The van der Waals surface area contributed by atoms with Crippen molar-refractivity contribution in [2.75, 3.05) is 24.5 Å². The molecule has 0 aliphatic carbocycles. The van der Waals surface area contributed by atoms with Crippen LogP contribution in [0.2, 0.25) is 0 Å². The second kappa shape index (κ2) is 7.26. The van der Waals surface area contributed by atoms with Crippen LogP contribution >= 0.6 is 0 Å². The number of hydrogen-bond acceptors (Lipinski definition) is 5. The predicted molar refractivity (Wildman–Crippen MR) is 109 cm³/mol. The topological polar surface area (TPSA) is 95.1 Å². The van der Waals surface area contributed by atoms with Crippen molar-refractivity contribution >= 4 is 29.3 Å². The lowest BCUT2D eigenvalue weighted by atomic mass is 9.85. The van der Waals surface area contributed by atoms with Gasteiger partial charge >= 0.3 is 5.97 Å². The molecule has 2 atom stereocenters. The molecule has 1 aromatic carbocycles. The number of aliphatic hydroxyl groups excluding tert-OH is 1. The third-order valence-corrected chi connectivity index (χ3v) is 6.30. The molecule has 0 bridgehead atoms. The van der Waals surface area contributed by atoms with Crippen molar-refractivity contribution in [3.63, 3.8) is 0 Å². The van der Waals surface area contributed by atoms with Gasteiger partial charge in [0.2, 0.25) is 5.43 Å². The summed E-state index contributed by atoms with van der Waals surface area (Å²) in [6.45, 7) is 7.02. The Balaban J connectivity index is 2.01. The van der Waals surface area contributed by atoms with Gasteiger partial charge in [-0.05, 0) is 39.0 Å². The number of aromatic carboxylic acids is 1. The molecular formula is C21H24FN3O4. The molecule has 2 aromatic rings. The number of halogens is 1. The molecule has 0 amide bonds. The van der Waals surface area contributed by atoms with Crippen LogP contribution in [-0.2, 0) is 6.42 Å². The number of carbonyl (C=O) groups is 1. The lowest BCUT2D eigenvalue weighted by Crippen LogP contribution is -2.38.